The van der Waals surface area contributed by atoms with Crippen LogP contribution in [0.15, 0.2) is 0 Å². The van der Waals surface area contributed by atoms with Crippen LogP contribution in [0.25, 0.3) is 0 Å². The fourth-order valence-corrected chi connectivity index (χ4v) is 3.78. The lowest BCUT2D eigenvalue weighted by Crippen LogP contribution is -2.52. The molecule has 0 amide bonds. The van der Waals surface area contributed by atoms with Crippen LogP contribution in [0.4, 0.5) is 0 Å². The van der Waals surface area contributed by atoms with Gasteiger partial charge in [0.2, 0.25) is 0 Å². The maximum absolute atomic E-state index is 3.62. The summed E-state index contributed by atoms with van der Waals surface area (Å²) in [6.45, 7) is 9.51. The molecular weight excluding hydrogens is 208 g/mol. The van der Waals surface area contributed by atoms with E-state index in [0.29, 0.717) is 0 Å². The minimum absolute atomic E-state index is 0.772. The Hall–Kier alpha value is -0.0800. The van der Waals surface area contributed by atoms with Crippen LogP contribution in [-0.4, -0.2) is 36.1 Å². The molecule has 0 aromatic carbocycles. The molecule has 1 saturated carbocycles. The van der Waals surface area contributed by atoms with Crippen molar-refractivity contribution >= 4 is 0 Å². The van der Waals surface area contributed by atoms with Gasteiger partial charge in [-0.3, -0.25) is 4.90 Å². The summed E-state index contributed by atoms with van der Waals surface area (Å²) in [6.07, 6.45) is 8.48. The third-order valence-electron chi connectivity index (χ3n) is 4.87. The van der Waals surface area contributed by atoms with Gasteiger partial charge in [-0.05, 0) is 57.9 Å². The second-order valence-electron chi connectivity index (χ2n) is 6.28. The average molecular weight is 238 g/mol. The van der Waals surface area contributed by atoms with Crippen LogP contribution < -0.4 is 5.32 Å². The summed E-state index contributed by atoms with van der Waals surface area (Å²) < 4.78 is 0. The van der Waals surface area contributed by atoms with E-state index in [4.69, 9.17) is 0 Å². The van der Waals surface area contributed by atoms with Gasteiger partial charge in [0.1, 0.15) is 0 Å². The smallest absolute Gasteiger partial charge is 0.00982 e. The molecule has 2 atom stereocenters. The Morgan fingerprint density at radius 1 is 1.06 bits per heavy atom. The molecule has 0 aromatic rings. The SMILES string of the molecule is CCNC1CCN(C2CCC(C)CC2)C(C)C1. The predicted molar refractivity (Wildman–Crippen MR) is 74.3 cm³/mol. The van der Waals surface area contributed by atoms with Gasteiger partial charge in [0, 0.05) is 24.7 Å². The van der Waals surface area contributed by atoms with Crippen LogP contribution in [-0.2, 0) is 0 Å². The highest BCUT2D eigenvalue weighted by Gasteiger charge is 2.31. The van der Waals surface area contributed by atoms with Crippen LogP contribution in [0.2, 0.25) is 0 Å². The fraction of sp³-hybridized carbons (Fsp3) is 1.00. The van der Waals surface area contributed by atoms with Gasteiger partial charge in [-0.1, -0.05) is 13.8 Å². The lowest BCUT2D eigenvalue weighted by atomic mass is 9.84. The van der Waals surface area contributed by atoms with E-state index in [1.54, 1.807) is 0 Å². The van der Waals surface area contributed by atoms with E-state index >= 15 is 0 Å². The van der Waals surface area contributed by atoms with E-state index < -0.39 is 0 Å². The molecule has 2 aliphatic rings. The Bertz CT molecular complexity index is 221. The van der Waals surface area contributed by atoms with Gasteiger partial charge in [-0.25, -0.2) is 0 Å². The molecule has 100 valence electrons. The Kier molecular flexibility index (Phi) is 4.87. The van der Waals surface area contributed by atoms with E-state index in [1.807, 2.05) is 0 Å². The normalized spacial score (nSPS) is 40.4. The molecule has 1 aliphatic heterocycles. The molecule has 2 unspecified atom stereocenters. The number of nitrogens with zero attached hydrogens (tertiary/aromatic N) is 1. The van der Waals surface area contributed by atoms with Crippen LogP contribution >= 0.6 is 0 Å². The largest absolute Gasteiger partial charge is 0.314 e. The third-order valence-corrected chi connectivity index (χ3v) is 4.87. The number of rotatable bonds is 3. The Morgan fingerprint density at radius 2 is 1.76 bits per heavy atom. The van der Waals surface area contributed by atoms with Gasteiger partial charge in [0.15, 0.2) is 0 Å². The van der Waals surface area contributed by atoms with Crippen molar-refractivity contribution in [1.82, 2.24) is 10.2 Å². The van der Waals surface area contributed by atoms with Gasteiger partial charge in [0.25, 0.3) is 0 Å². The molecule has 1 heterocycles. The van der Waals surface area contributed by atoms with E-state index in [2.05, 4.69) is 31.0 Å². The first-order valence-electron chi connectivity index (χ1n) is 7.69. The van der Waals surface area contributed by atoms with Crippen molar-refractivity contribution in [3.05, 3.63) is 0 Å². The maximum atomic E-state index is 3.62. The van der Waals surface area contributed by atoms with Crippen molar-refractivity contribution in [2.75, 3.05) is 13.1 Å². The highest BCUT2D eigenvalue weighted by Crippen LogP contribution is 2.31. The molecule has 2 fully saturated rings. The average Bonchev–Trinajstić information content (AvgIpc) is 2.31. The van der Waals surface area contributed by atoms with Crippen LogP contribution in [0.5, 0.6) is 0 Å². The van der Waals surface area contributed by atoms with Crippen molar-refractivity contribution in [3.8, 4) is 0 Å². The Labute approximate surface area is 107 Å². The van der Waals surface area contributed by atoms with Gasteiger partial charge < -0.3 is 5.32 Å². The number of nitrogens with one attached hydrogen (secondary N) is 1. The lowest BCUT2D eigenvalue weighted by Gasteiger charge is -2.44. The van der Waals surface area contributed by atoms with Crippen LogP contribution in [0, 0.1) is 5.92 Å². The van der Waals surface area contributed by atoms with Gasteiger partial charge in [-0.15, -0.1) is 0 Å². The van der Waals surface area contributed by atoms with Crippen molar-refractivity contribution in [2.24, 2.45) is 5.92 Å². The number of hydrogen-bond acceptors (Lipinski definition) is 2. The molecule has 1 saturated heterocycles. The Morgan fingerprint density at radius 3 is 2.35 bits per heavy atom. The zero-order valence-electron chi connectivity index (χ0n) is 11.9. The topological polar surface area (TPSA) is 15.3 Å². The van der Waals surface area contributed by atoms with Crippen molar-refractivity contribution in [1.29, 1.82) is 0 Å². The monoisotopic (exact) mass is 238 g/mol. The molecule has 0 bridgehead atoms. The quantitative estimate of drug-likeness (QED) is 0.813. The molecule has 0 aromatic heterocycles. The summed E-state index contributed by atoms with van der Waals surface area (Å²) in [5.41, 5.74) is 0. The van der Waals surface area contributed by atoms with Gasteiger partial charge >= 0.3 is 0 Å². The molecule has 2 rings (SSSR count). The van der Waals surface area contributed by atoms with Gasteiger partial charge in [-0.2, -0.15) is 0 Å². The molecule has 1 aliphatic carbocycles. The third kappa shape index (κ3) is 3.45. The summed E-state index contributed by atoms with van der Waals surface area (Å²) in [7, 11) is 0. The summed E-state index contributed by atoms with van der Waals surface area (Å²) in [4.78, 5) is 2.81. The maximum Gasteiger partial charge on any atom is 0.00982 e. The van der Waals surface area contributed by atoms with Gasteiger partial charge in [0.05, 0.1) is 0 Å². The number of hydrogen-bond donors (Lipinski definition) is 1. The molecule has 2 heteroatoms. The minimum Gasteiger partial charge on any atom is -0.314 e. The lowest BCUT2D eigenvalue weighted by molar-refractivity contribution is 0.0606. The highest BCUT2D eigenvalue weighted by molar-refractivity contribution is 4.88. The van der Waals surface area contributed by atoms with Crippen molar-refractivity contribution in [2.45, 2.75) is 77.4 Å². The predicted octanol–water partition coefficient (Wildman–Crippen LogP) is 3.03. The molecule has 2 nitrogen and oxygen atoms in total. The zero-order chi connectivity index (χ0) is 12.3. The first-order valence-corrected chi connectivity index (χ1v) is 7.69. The van der Waals surface area contributed by atoms with Crippen molar-refractivity contribution < 1.29 is 0 Å². The molecule has 17 heavy (non-hydrogen) atoms. The van der Waals surface area contributed by atoms with Crippen LogP contribution in [0.3, 0.4) is 0 Å². The van der Waals surface area contributed by atoms with E-state index in [-0.39, 0.29) is 0 Å². The summed E-state index contributed by atoms with van der Waals surface area (Å²) in [5, 5.41) is 3.62. The first-order chi connectivity index (χ1) is 8.20. The molecule has 0 radical (unpaired) electrons. The molecular formula is C15H30N2. The molecule has 1 N–H and O–H groups in total. The second kappa shape index (κ2) is 6.19. The number of piperidine rings is 1. The standard InChI is InChI=1S/C15H30N2/c1-4-16-14-9-10-17(13(3)11-14)15-7-5-12(2)6-8-15/h12-16H,4-11H2,1-3H3. The Balaban J connectivity index is 1.82. The van der Waals surface area contributed by atoms with E-state index in [9.17, 15) is 0 Å². The van der Waals surface area contributed by atoms with E-state index in [0.717, 1.165) is 30.6 Å². The fourth-order valence-electron chi connectivity index (χ4n) is 3.78. The van der Waals surface area contributed by atoms with Crippen LogP contribution in [0.1, 0.15) is 59.3 Å². The number of likely N-dealkylation sites (tertiary alicyclic amines) is 1. The summed E-state index contributed by atoms with van der Waals surface area (Å²) in [5.74, 6) is 0.973. The van der Waals surface area contributed by atoms with Crippen molar-refractivity contribution in [3.63, 3.8) is 0 Å². The minimum atomic E-state index is 0.772. The second-order valence-corrected chi connectivity index (χ2v) is 6.28. The zero-order valence-corrected chi connectivity index (χ0v) is 11.9. The van der Waals surface area contributed by atoms with E-state index in [1.165, 1.54) is 45.1 Å². The first kappa shape index (κ1) is 13.4. The highest BCUT2D eigenvalue weighted by atomic mass is 15.2. The summed E-state index contributed by atoms with van der Waals surface area (Å²) in [6, 6.07) is 2.45. The summed E-state index contributed by atoms with van der Waals surface area (Å²) >= 11 is 0. The molecule has 0 spiro atoms.